The highest BCUT2D eigenvalue weighted by molar-refractivity contribution is 5.81. The van der Waals surface area contributed by atoms with E-state index in [2.05, 4.69) is 5.10 Å². The molecule has 3 rings (SSSR count). The van der Waals surface area contributed by atoms with Crippen molar-refractivity contribution in [3.63, 3.8) is 0 Å². The van der Waals surface area contributed by atoms with Gasteiger partial charge >= 0.3 is 0 Å². The second kappa shape index (κ2) is 8.03. The number of aromatic nitrogens is 2. The van der Waals surface area contributed by atoms with Crippen LogP contribution in [-0.2, 0) is 16.1 Å². The van der Waals surface area contributed by atoms with Crippen molar-refractivity contribution in [3.05, 3.63) is 48.3 Å². The lowest BCUT2D eigenvalue weighted by Gasteiger charge is -2.17. The number of nitrogens with zero attached hydrogens (tertiary/aromatic N) is 3. The zero-order valence-corrected chi connectivity index (χ0v) is 14.9. The predicted molar refractivity (Wildman–Crippen MR) is 96.3 cm³/mol. The molecule has 0 saturated carbocycles. The number of benzene rings is 1. The number of likely N-dealkylation sites (tertiary alicyclic amines) is 1. The van der Waals surface area contributed by atoms with Gasteiger partial charge < -0.3 is 15.4 Å². The van der Waals surface area contributed by atoms with Crippen LogP contribution in [0.15, 0.2) is 42.7 Å². The summed E-state index contributed by atoms with van der Waals surface area (Å²) < 4.78 is 7.53. The summed E-state index contributed by atoms with van der Waals surface area (Å²) in [4.78, 5) is 26.0. The first-order valence-corrected chi connectivity index (χ1v) is 8.77. The van der Waals surface area contributed by atoms with E-state index in [4.69, 9.17) is 10.5 Å². The maximum atomic E-state index is 12.5. The van der Waals surface area contributed by atoms with Crippen LogP contribution in [0.1, 0.15) is 12.0 Å². The molecule has 2 aromatic rings. The van der Waals surface area contributed by atoms with Crippen molar-refractivity contribution in [2.45, 2.75) is 19.9 Å². The van der Waals surface area contributed by atoms with E-state index in [1.54, 1.807) is 15.8 Å². The van der Waals surface area contributed by atoms with E-state index in [1.165, 1.54) is 0 Å². The fourth-order valence-electron chi connectivity index (χ4n) is 3.24. The Morgan fingerprint density at radius 2 is 2.04 bits per heavy atom. The van der Waals surface area contributed by atoms with Crippen LogP contribution in [0.5, 0.6) is 5.75 Å². The average molecular weight is 356 g/mol. The Kier molecular flexibility index (Phi) is 5.55. The number of para-hydroxylation sites is 1. The van der Waals surface area contributed by atoms with Crippen LogP contribution in [0.3, 0.4) is 0 Å². The molecule has 0 unspecified atom stereocenters. The molecule has 1 aliphatic rings. The van der Waals surface area contributed by atoms with Crippen molar-refractivity contribution in [2.24, 2.45) is 17.6 Å². The molecule has 1 aromatic carbocycles. The summed E-state index contributed by atoms with van der Waals surface area (Å²) in [5.41, 5.74) is 6.60. The monoisotopic (exact) mass is 356 g/mol. The van der Waals surface area contributed by atoms with Crippen LogP contribution in [0.25, 0.3) is 0 Å². The number of amides is 2. The molecule has 2 amide bonds. The van der Waals surface area contributed by atoms with Crippen molar-refractivity contribution < 1.29 is 14.3 Å². The maximum Gasteiger partial charge on any atom is 0.224 e. The van der Waals surface area contributed by atoms with Gasteiger partial charge in [0.1, 0.15) is 5.75 Å². The molecule has 1 saturated heterocycles. The SMILES string of the molecule is Cc1cnn(CCC(=O)N2C[C@@H](COc3ccccc3)[C@H](C(N)=O)C2)c1. The smallest absolute Gasteiger partial charge is 0.224 e. The highest BCUT2D eigenvalue weighted by Crippen LogP contribution is 2.25. The lowest BCUT2D eigenvalue weighted by molar-refractivity contribution is -0.130. The number of nitrogens with two attached hydrogens (primary N) is 1. The Balaban J connectivity index is 1.55. The molecule has 2 heterocycles. The second-order valence-electron chi connectivity index (χ2n) is 6.72. The molecular formula is C19H24N4O3. The van der Waals surface area contributed by atoms with Gasteiger partial charge in [-0.1, -0.05) is 18.2 Å². The minimum Gasteiger partial charge on any atom is -0.493 e. The van der Waals surface area contributed by atoms with E-state index in [-0.39, 0.29) is 23.7 Å². The van der Waals surface area contributed by atoms with E-state index in [0.717, 1.165) is 11.3 Å². The van der Waals surface area contributed by atoms with Gasteiger partial charge in [0.15, 0.2) is 0 Å². The first-order chi connectivity index (χ1) is 12.5. The molecule has 0 aliphatic carbocycles. The van der Waals surface area contributed by atoms with Crippen molar-refractivity contribution in [3.8, 4) is 5.75 Å². The number of ether oxygens (including phenoxy) is 1. The van der Waals surface area contributed by atoms with Crippen LogP contribution < -0.4 is 10.5 Å². The van der Waals surface area contributed by atoms with E-state index in [1.807, 2.05) is 43.5 Å². The van der Waals surface area contributed by atoms with E-state index in [0.29, 0.717) is 32.7 Å². The molecule has 0 spiro atoms. The van der Waals surface area contributed by atoms with Crippen molar-refractivity contribution in [2.75, 3.05) is 19.7 Å². The zero-order valence-electron chi connectivity index (χ0n) is 14.9. The molecule has 7 nitrogen and oxygen atoms in total. The molecule has 1 aromatic heterocycles. The molecule has 1 fully saturated rings. The number of rotatable bonds is 7. The summed E-state index contributed by atoms with van der Waals surface area (Å²) in [6, 6.07) is 9.42. The first-order valence-electron chi connectivity index (χ1n) is 8.77. The molecule has 26 heavy (non-hydrogen) atoms. The zero-order chi connectivity index (χ0) is 18.5. The Morgan fingerprint density at radius 3 is 2.69 bits per heavy atom. The van der Waals surface area contributed by atoms with Gasteiger partial charge in [-0.15, -0.1) is 0 Å². The predicted octanol–water partition coefficient (Wildman–Crippen LogP) is 1.22. The minimum absolute atomic E-state index is 0.00612. The molecule has 2 N–H and O–H groups in total. The van der Waals surface area contributed by atoms with Crippen LogP contribution in [0.4, 0.5) is 0 Å². The number of hydrogen-bond acceptors (Lipinski definition) is 4. The molecule has 2 atom stereocenters. The fourth-order valence-corrected chi connectivity index (χ4v) is 3.24. The van der Waals surface area contributed by atoms with Crippen LogP contribution >= 0.6 is 0 Å². The molecular weight excluding hydrogens is 332 g/mol. The summed E-state index contributed by atoms with van der Waals surface area (Å²) >= 11 is 0. The lowest BCUT2D eigenvalue weighted by atomic mass is 9.96. The first kappa shape index (κ1) is 18.0. The third-order valence-corrected chi connectivity index (χ3v) is 4.68. The Bertz CT molecular complexity index is 759. The molecule has 138 valence electrons. The quantitative estimate of drug-likeness (QED) is 0.808. The summed E-state index contributed by atoms with van der Waals surface area (Å²) in [6.45, 7) is 3.68. The Labute approximate surface area is 152 Å². The summed E-state index contributed by atoms with van der Waals surface area (Å²) in [7, 11) is 0. The number of hydrogen-bond donors (Lipinski definition) is 1. The van der Waals surface area contributed by atoms with Crippen LogP contribution in [-0.4, -0.2) is 46.2 Å². The molecule has 0 bridgehead atoms. The van der Waals surface area contributed by atoms with Gasteiger partial charge in [0.2, 0.25) is 11.8 Å². The van der Waals surface area contributed by atoms with E-state index < -0.39 is 0 Å². The minimum atomic E-state index is -0.385. The van der Waals surface area contributed by atoms with Gasteiger partial charge in [-0.05, 0) is 24.6 Å². The normalized spacial score (nSPS) is 19.5. The second-order valence-corrected chi connectivity index (χ2v) is 6.72. The Morgan fingerprint density at radius 1 is 1.27 bits per heavy atom. The molecule has 0 radical (unpaired) electrons. The number of aryl methyl sites for hydroxylation is 2. The summed E-state index contributed by atoms with van der Waals surface area (Å²) in [5.74, 6) is -0.107. The number of primary amides is 1. The summed E-state index contributed by atoms with van der Waals surface area (Å²) in [6.07, 6.45) is 4.01. The van der Waals surface area contributed by atoms with Crippen molar-refractivity contribution in [1.82, 2.24) is 14.7 Å². The van der Waals surface area contributed by atoms with Crippen molar-refractivity contribution in [1.29, 1.82) is 0 Å². The largest absolute Gasteiger partial charge is 0.493 e. The van der Waals surface area contributed by atoms with Gasteiger partial charge in [0.05, 0.1) is 18.7 Å². The van der Waals surface area contributed by atoms with Crippen molar-refractivity contribution >= 4 is 11.8 Å². The van der Waals surface area contributed by atoms with Crippen LogP contribution in [0.2, 0.25) is 0 Å². The molecule has 1 aliphatic heterocycles. The van der Waals surface area contributed by atoms with E-state index in [9.17, 15) is 9.59 Å². The van der Waals surface area contributed by atoms with Crippen LogP contribution in [0, 0.1) is 18.8 Å². The molecule has 7 heteroatoms. The van der Waals surface area contributed by atoms with Gasteiger partial charge in [-0.25, -0.2) is 0 Å². The highest BCUT2D eigenvalue weighted by atomic mass is 16.5. The topological polar surface area (TPSA) is 90.4 Å². The average Bonchev–Trinajstić information content (AvgIpc) is 3.25. The standard InChI is InChI=1S/C19H24N4O3/c1-14-9-21-23(10-14)8-7-18(24)22-11-15(17(12-22)19(20)25)13-26-16-5-3-2-4-6-16/h2-6,9-10,15,17H,7-8,11-13H2,1H3,(H2,20,25)/t15-,17+/m0/s1. The highest BCUT2D eigenvalue weighted by Gasteiger charge is 2.38. The number of carbonyl (C=O) groups excluding carboxylic acids is 2. The van der Waals surface area contributed by atoms with Gasteiger partial charge in [-0.2, -0.15) is 5.10 Å². The third kappa shape index (κ3) is 4.41. The maximum absolute atomic E-state index is 12.5. The van der Waals surface area contributed by atoms with Gasteiger partial charge in [-0.3, -0.25) is 14.3 Å². The number of carbonyl (C=O) groups is 2. The van der Waals surface area contributed by atoms with E-state index >= 15 is 0 Å². The van der Waals surface area contributed by atoms with Gasteiger partial charge in [0, 0.05) is 38.2 Å². The Hall–Kier alpha value is -2.83. The lowest BCUT2D eigenvalue weighted by Crippen LogP contribution is -2.33. The fraction of sp³-hybridized carbons (Fsp3) is 0.421. The summed E-state index contributed by atoms with van der Waals surface area (Å²) in [5, 5.41) is 4.19. The third-order valence-electron chi connectivity index (χ3n) is 4.68. The van der Waals surface area contributed by atoms with Gasteiger partial charge in [0.25, 0.3) is 0 Å².